The van der Waals surface area contributed by atoms with Gasteiger partial charge < -0.3 is 14.7 Å². The molecule has 2 saturated heterocycles. The van der Waals surface area contributed by atoms with Gasteiger partial charge in [-0.1, -0.05) is 0 Å². The number of rotatable bonds is 4. The van der Waals surface area contributed by atoms with E-state index < -0.39 is 22.1 Å². The second-order valence-electron chi connectivity index (χ2n) is 5.84. The molecule has 22 heavy (non-hydrogen) atoms. The average molecular weight is 334 g/mol. The first-order valence-corrected chi connectivity index (χ1v) is 9.19. The van der Waals surface area contributed by atoms with Crippen molar-refractivity contribution in [3.8, 4) is 0 Å². The second kappa shape index (κ2) is 6.93. The Morgan fingerprint density at radius 2 is 2.00 bits per heavy atom. The molecule has 0 bridgehead atoms. The molecule has 2 atom stereocenters. The van der Waals surface area contributed by atoms with Gasteiger partial charge in [-0.2, -0.15) is 0 Å². The standard InChI is InChI=1S/C13H22N2O6S/c1-22(19,20)15-4-2-3-10(8-15)13(18)14-5-6-21-11(9-14)7-12(16)17/h10-11H,2-9H2,1H3,(H,16,17)/t10-,11+/m1/s1. The average Bonchev–Trinajstić information content (AvgIpc) is 2.45. The van der Waals surface area contributed by atoms with Crippen LogP contribution in [0.15, 0.2) is 0 Å². The van der Waals surface area contributed by atoms with E-state index in [-0.39, 0.29) is 31.3 Å². The monoisotopic (exact) mass is 334 g/mol. The lowest BCUT2D eigenvalue weighted by Crippen LogP contribution is -2.51. The number of hydrogen-bond donors (Lipinski definition) is 1. The smallest absolute Gasteiger partial charge is 0.306 e. The molecule has 2 fully saturated rings. The van der Waals surface area contributed by atoms with Crippen LogP contribution in [0.25, 0.3) is 0 Å². The number of ether oxygens (including phenoxy) is 1. The molecule has 2 heterocycles. The van der Waals surface area contributed by atoms with E-state index >= 15 is 0 Å². The van der Waals surface area contributed by atoms with E-state index in [1.165, 1.54) is 4.31 Å². The van der Waals surface area contributed by atoms with Gasteiger partial charge in [0.25, 0.3) is 0 Å². The molecule has 2 rings (SSSR count). The van der Waals surface area contributed by atoms with Gasteiger partial charge >= 0.3 is 5.97 Å². The Labute approximate surface area is 130 Å². The Kier molecular flexibility index (Phi) is 5.41. The van der Waals surface area contributed by atoms with E-state index in [1.807, 2.05) is 0 Å². The molecule has 1 N–H and O–H groups in total. The SMILES string of the molecule is CS(=O)(=O)N1CCC[C@@H](C(=O)N2CCO[C@@H](CC(=O)O)C2)C1. The van der Waals surface area contributed by atoms with Crippen molar-refractivity contribution in [3.63, 3.8) is 0 Å². The van der Waals surface area contributed by atoms with Gasteiger partial charge in [-0.25, -0.2) is 12.7 Å². The summed E-state index contributed by atoms with van der Waals surface area (Å²) >= 11 is 0. The molecular weight excluding hydrogens is 312 g/mol. The third kappa shape index (κ3) is 4.40. The fourth-order valence-electron chi connectivity index (χ4n) is 2.94. The number of carbonyl (C=O) groups excluding carboxylic acids is 1. The van der Waals surface area contributed by atoms with E-state index in [0.717, 1.165) is 6.26 Å². The van der Waals surface area contributed by atoms with Gasteiger partial charge in [0, 0.05) is 26.2 Å². The number of carbonyl (C=O) groups is 2. The van der Waals surface area contributed by atoms with Crippen LogP contribution in [0, 0.1) is 5.92 Å². The lowest BCUT2D eigenvalue weighted by Gasteiger charge is -2.37. The molecule has 0 aromatic rings. The van der Waals surface area contributed by atoms with Crippen molar-refractivity contribution in [2.24, 2.45) is 5.92 Å². The molecule has 2 aliphatic rings. The first kappa shape index (κ1) is 17.2. The highest BCUT2D eigenvalue weighted by molar-refractivity contribution is 7.88. The van der Waals surface area contributed by atoms with Gasteiger partial charge in [0.05, 0.1) is 31.3 Å². The molecule has 0 radical (unpaired) electrons. The highest BCUT2D eigenvalue weighted by Crippen LogP contribution is 2.22. The first-order chi connectivity index (χ1) is 10.3. The number of piperidine rings is 1. The molecule has 0 unspecified atom stereocenters. The summed E-state index contributed by atoms with van der Waals surface area (Å²) < 4.78 is 29.9. The van der Waals surface area contributed by atoms with Crippen molar-refractivity contribution in [1.29, 1.82) is 0 Å². The molecule has 126 valence electrons. The number of sulfonamides is 1. The molecule has 0 saturated carbocycles. The van der Waals surface area contributed by atoms with Crippen LogP contribution in [-0.2, 0) is 24.3 Å². The Balaban J connectivity index is 1.97. The molecule has 0 aromatic carbocycles. The number of nitrogens with zero attached hydrogens (tertiary/aromatic N) is 2. The van der Waals surface area contributed by atoms with Gasteiger partial charge in [0.1, 0.15) is 0 Å². The van der Waals surface area contributed by atoms with Crippen LogP contribution in [0.1, 0.15) is 19.3 Å². The highest BCUT2D eigenvalue weighted by atomic mass is 32.2. The zero-order chi connectivity index (χ0) is 16.3. The Bertz CT molecular complexity index is 535. The second-order valence-corrected chi connectivity index (χ2v) is 7.82. The van der Waals surface area contributed by atoms with Gasteiger partial charge in [-0.15, -0.1) is 0 Å². The maximum absolute atomic E-state index is 12.6. The van der Waals surface area contributed by atoms with Crippen LogP contribution in [0.2, 0.25) is 0 Å². The number of hydrogen-bond acceptors (Lipinski definition) is 5. The van der Waals surface area contributed by atoms with Crippen LogP contribution in [-0.4, -0.2) is 79.8 Å². The Hall–Kier alpha value is -1.19. The minimum absolute atomic E-state index is 0.105. The van der Waals surface area contributed by atoms with Crippen molar-refractivity contribution in [2.75, 3.05) is 39.0 Å². The van der Waals surface area contributed by atoms with Crippen LogP contribution in [0.3, 0.4) is 0 Å². The summed E-state index contributed by atoms with van der Waals surface area (Å²) in [5, 5.41) is 8.81. The van der Waals surface area contributed by atoms with Crippen molar-refractivity contribution < 1.29 is 27.9 Å². The molecule has 2 aliphatic heterocycles. The van der Waals surface area contributed by atoms with Crippen molar-refractivity contribution >= 4 is 21.9 Å². The van der Waals surface area contributed by atoms with E-state index in [2.05, 4.69) is 0 Å². The summed E-state index contributed by atoms with van der Waals surface area (Å²) in [7, 11) is -3.29. The summed E-state index contributed by atoms with van der Waals surface area (Å²) in [6, 6.07) is 0. The molecule has 0 spiro atoms. The Morgan fingerprint density at radius 1 is 1.27 bits per heavy atom. The lowest BCUT2D eigenvalue weighted by molar-refractivity contribution is -0.150. The lowest BCUT2D eigenvalue weighted by atomic mass is 9.97. The first-order valence-electron chi connectivity index (χ1n) is 7.34. The molecule has 1 amide bonds. The topological polar surface area (TPSA) is 104 Å². The third-order valence-electron chi connectivity index (χ3n) is 4.06. The van der Waals surface area contributed by atoms with Crippen molar-refractivity contribution in [3.05, 3.63) is 0 Å². The molecule has 0 aromatic heterocycles. The normalized spacial score (nSPS) is 27.6. The van der Waals surface area contributed by atoms with Crippen LogP contribution in [0.4, 0.5) is 0 Å². The van der Waals surface area contributed by atoms with E-state index in [4.69, 9.17) is 9.84 Å². The zero-order valence-electron chi connectivity index (χ0n) is 12.6. The minimum atomic E-state index is -3.29. The summed E-state index contributed by atoms with van der Waals surface area (Å²) in [6.07, 6.45) is 1.84. The predicted molar refractivity (Wildman–Crippen MR) is 77.7 cm³/mol. The molecular formula is C13H22N2O6S. The van der Waals surface area contributed by atoms with Crippen LogP contribution >= 0.6 is 0 Å². The van der Waals surface area contributed by atoms with Gasteiger partial charge in [-0.3, -0.25) is 9.59 Å². The molecule has 0 aliphatic carbocycles. The minimum Gasteiger partial charge on any atom is -0.481 e. The number of amides is 1. The van der Waals surface area contributed by atoms with Crippen LogP contribution in [0.5, 0.6) is 0 Å². The van der Waals surface area contributed by atoms with E-state index in [0.29, 0.717) is 32.5 Å². The highest BCUT2D eigenvalue weighted by Gasteiger charge is 2.34. The van der Waals surface area contributed by atoms with E-state index in [1.54, 1.807) is 4.90 Å². The third-order valence-corrected chi connectivity index (χ3v) is 5.32. The summed E-state index contributed by atoms with van der Waals surface area (Å²) in [4.78, 5) is 24.9. The molecule has 9 heteroatoms. The maximum Gasteiger partial charge on any atom is 0.306 e. The van der Waals surface area contributed by atoms with Crippen molar-refractivity contribution in [1.82, 2.24) is 9.21 Å². The zero-order valence-corrected chi connectivity index (χ0v) is 13.4. The number of carboxylic acid groups (broad SMARTS) is 1. The molecule has 8 nitrogen and oxygen atoms in total. The fraction of sp³-hybridized carbons (Fsp3) is 0.846. The summed E-state index contributed by atoms with van der Waals surface area (Å²) in [5.41, 5.74) is 0. The predicted octanol–water partition coefficient (Wildman–Crippen LogP) is -0.640. The van der Waals surface area contributed by atoms with Gasteiger partial charge in [-0.05, 0) is 12.8 Å². The van der Waals surface area contributed by atoms with Crippen LogP contribution < -0.4 is 0 Å². The van der Waals surface area contributed by atoms with Crippen molar-refractivity contribution in [2.45, 2.75) is 25.4 Å². The number of morpholine rings is 1. The maximum atomic E-state index is 12.6. The largest absolute Gasteiger partial charge is 0.481 e. The summed E-state index contributed by atoms with van der Waals surface area (Å²) in [5.74, 6) is -1.42. The fourth-order valence-corrected chi connectivity index (χ4v) is 3.85. The Morgan fingerprint density at radius 3 is 2.64 bits per heavy atom. The quantitative estimate of drug-likeness (QED) is 0.733. The van der Waals surface area contributed by atoms with Gasteiger partial charge in [0.2, 0.25) is 15.9 Å². The summed E-state index contributed by atoms with van der Waals surface area (Å²) in [6.45, 7) is 1.64. The number of carboxylic acids is 1. The number of aliphatic carboxylic acids is 1. The van der Waals surface area contributed by atoms with E-state index in [9.17, 15) is 18.0 Å². The van der Waals surface area contributed by atoms with Gasteiger partial charge in [0.15, 0.2) is 0 Å².